The molecule has 13 heteroatoms. The molecule has 2 aliphatic rings. The molecule has 0 spiro atoms. The van der Waals surface area contributed by atoms with Crippen LogP contribution in [0.1, 0.15) is 6.42 Å². The number of imide groups is 1. The van der Waals surface area contributed by atoms with E-state index in [0.29, 0.717) is 4.90 Å². The van der Waals surface area contributed by atoms with Crippen LogP contribution >= 0.6 is 0 Å². The molecule has 0 aromatic carbocycles. The van der Waals surface area contributed by atoms with E-state index >= 15 is 0 Å². The van der Waals surface area contributed by atoms with Crippen LogP contribution in [0.15, 0.2) is 0 Å². The fraction of sp³-hybridized carbons (Fsp3) is 0.800. The highest BCUT2D eigenvalue weighted by Gasteiger charge is 2.51. The van der Waals surface area contributed by atoms with Crippen molar-refractivity contribution in [1.82, 2.24) is 9.80 Å². The van der Waals surface area contributed by atoms with Crippen molar-refractivity contribution in [3.63, 3.8) is 0 Å². The Kier molecular flexibility index (Phi) is 7.41. The van der Waals surface area contributed by atoms with Gasteiger partial charge in [0.15, 0.2) is 12.5 Å². The van der Waals surface area contributed by atoms with Crippen molar-refractivity contribution >= 4 is 18.2 Å². The Morgan fingerprint density at radius 2 is 1.36 bits per heavy atom. The maximum absolute atomic E-state index is 12.9. The van der Waals surface area contributed by atoms with Crippen LogP contribution in [0.25, 0.3) is 0 Å². The topological polar surface area (TPSA) is 198 Å². The van der Waals surface area contributed by atoms with Gasteiger partial charge in [0.1, 0.15) is 42.9 Å². The predicted octanol–water partition coefficient (Wildman–Crippen LogP) is -4.67. The van der Waals surface area contributed by atoms with Crippen LogP contribution in [0, 0.1) is 0 Å². The third-order valence-corrected chi connectivity index (χ3v) is 4.70. The standard InChI is InChI=1S/C15H24N2O11/c1-16(13-11(24)9(22)6(4-19)27-13)15(26)17(8(21)2-3-18)14-12(25)10(23)7(5-20)28-14/h3,6-7,9-14,19-20,22-25H,2,4-5H2,1H3/t6-,7-,9-,10-,11-,12-,13-,14-/m1/s1. The molecule has 2 fully saturated rings. The van der Waals surface area contributed by atoms with Crippen molar-refractivity contribution in [2.24, 2.45) is 0 Å². The minimum absolute atomic E-state index is 0.219. The number of aliphatic hydroxyl groups is 6. The zero-order chi connectivity index (χ0) is 21.2. The molecule has 0 aliphatic carbocycles. The monoisotopic (exact) mass is 408 g/mol. The third kappa shape index (κ3) is 4.01. The van der Waals surface area contributed by atoms with E-state index < -0.39 is 80.7 Å². The van der Waals surface area contributed by atoms with Gasteiger partial charge in [0.05, 0.1) is 19.6 Å². The number of rotatable bonds is 6. The SMILES string of the molecule is CN(C(=O)N(C(=O)CC=O)[C@@H]1O[C@H](CO)[C@@H](O)[C@H]1O)[C@@H]1O[C@H](CO)[C@@H](O)[C@H]1O. The minimum Gasteiger partial charge on any atom is -0.394 e. The van der Waals surface area contributed by atoms with Gasteiger partial charge in [0.2, 0.25) is 5.91 Å². The van der Waals surface area contributed by atoms with Crippen LogP contribution in [-0.4, -0.2) is 128 Å². The van der Waals surface area contributed by atoms with Crippen molar-refractivity contribution in [3.8, 4) is 0 Å². The Hall–Kier alpha value is -1.71. The van der Waals surface area contributed by atoms with E-state index in [4.69, 9.17) is 14.6 Å². The number of hydrogen-bond donors (Lipinski definition) is 6. The number of ether oxygens (including phenoxy) is 2. The summed E-state index contributed by atoms with van der Waals surface area (Å²) in [6.45, 7) is -1.34. The number of carbonyl (C=O) groups excluding carboxylic acids is 3. The summed E-state index contributed by atoms with van der Waals surface area (Å²) < 4.78 is 10.4. The summed E-state index contributed by atoms with van der Waals surface area (Å²) in [5.74, 6) is -1.08. The number of aldehydes is 1. The van der Waals surface area contributed by atoms with Crippen LogP contribution in [-0.2, 0) is 19.1 Å². The molecule has 2 saturated heterocycles. The molecule has 0 aromatic heterocycles. The first-order valence-corrected chi connectivity index (χ1v) is 8.46. The van der Waals surface area contributed by atoms with Crippen LogP contribution in [0.2, 0.25) is 0 Å². The minimum atomic E-state index is -1.77. The van der Waals surface area contributed by atoms with Crippen molar-refractivity contribution in [2.45, 2.75) is 55.5 Å². The van der Waals surface area contributed by atoms with Gasteiger partial charge in [0, 0.05) is 7.05 Å². The van der Waals surface area contributed by atoms with E-state index in [2.05, 4.69) is 0 Å². The van der Waals surface area contributed by atoms with Crippen molar-refractivity contribution < 1.29 is 54.5 Å². The summed E-state index contributed by atoms with van der Waals surface area (Å²) in [4.78, 5) is 37.0. The number of hydrogen-bond acceptors (Lipinski definition) is 11. The van der Waals surface area contributed by atoms with Gasteiger partial charge in [0.25, 0.3) is 0 Å². The van der Waals surface area contributed by atoms with Crippen LogP contribution in [0.5, 0.6) is 0 Å². The summed E-state index contributed by atoms with van der Waals surface area (Å²) >= 11 is 0. The summed E-state index contributed by atoms with van der Waals surface area (Å²) in [7, 11) is 1.12. The fourth-order valence-electron chi connectivity index (χ4n) is 3.10. The fourth-order valence-corrected chi connectivity index (χ4v) is 3.10. The molecule has 0 unspecified atom stereocenters. The second kappa shape index (κ2) is 9.19. The molecule has 6 N–H and O–H groups in total. The highest BCUT2D eigenvalue weighted by atomic mass is 16.6. The Bertz CT molecular complexity index is 590. The highest BCUT2D eigenvalue weighted by molar-refractivity contribution is 5.99. The number of nitrogens with zero attached hydrogens (tertiary/aromatic N) is 2. The summed E-state index contributed by atoms with van der Waals surface area (Å²) in [6.07, 6.45) is -12.6. The molecule has 0 bridgehead atoms. The second-order valence-corrected chi connectivity index (χ2v) is 6.49. The third-order valence-electron chi connectivity index (χ3n) is 4.70. The Labute approximate surface area is 159 Å². The maximum Gasteiger partial charge on any atom is 0.330 e. The van der Waals surface area contributed by atoms with Gasteiger partial charge in [-0.1, -0.05) is 0 Å². The van der Waals surface area contributed by atoms with E-state index in [1.807, 2.05) is 0 Å². The van der Waals surface area contributed by atoms with E-state index in [0.717, 1.165) is 11.9 Å². The van der Waals surface area contributed by atoms with Crippen LogP contribution in [0.4, 0.5) is 4.79 Å². The normalized spacial score (nSPS) is 37.7. The summed E-state index contributed by atoms with van der Waals surface area (Å²) in [5, 5.41) is 58.2. The molecule has 3 amide bonds. The van der Waals surface area contributed by atoms with Crippen LogP contribution < -0.4 is 0 Å². The lowest BCUT2D eigenvalue weighted by Crippen LogP contribution is -2.57. The summed E-state index contributed by atoms with van der Waals surface area (Å²) in [5.41, 5.74) is 0. The first kappa shape index (κ1) is 22.6. The average molecular weight is 408 g/mol. The largest absolute Gasteiger partial charge is 0.394 e. The molecule has 0 radical (unpaired) electrons. The van der Waals surface area contributed by atoms with Crippen molar-refractivity contribution in [1.29, 1.82) is 0 Å². The average Bonchev–Trinajstić information content (AvgIpc) is 3.12. The quantitative estimate of drug-likeness (QED) is 0.182. The van der Waals surface area contributed by atoms with E-state index in [9.17, 15) is 39.9 Å². The Morgan fingerprint density at radius 1 is 0.893 bits per heavy atom. The molecule has 0 saturated carbocycles. The van der Waals surface area contributed by atoms with Gasteiger partial charge in [-0.2, -0.15) is 0 Å². The molecule has 28 heavy (non-hydrogen) atoms. The molecule has 13 nitrogen and oxygen atoms in total. The zero-order valence-electron chi connectivity index (χ0n) is 14.9. The lowest BCUT2D eigenvalue weighted by atomic mass is 10.1. The lowest BCUT2D eigenvalue weighted by molar-refractivity contribution is -0.149. The van der Waals surface area contributed by atoms with E-state index in [1.54, 1.807) is 0 Å². The lowest BCUT2D eigenvalue weighted by Gasteiger charge is -2.34. The summed E-state index contributed by atoms with van der Waals surface area (Å²) in [6, 6.07) is -1.17. The van der Waals surface area contributed by atoms with Gasteiger partial charge in [-0.25, -0.2) is 9.69 Å². The van der Waals surface area contributed by atoms with Gasteiger partial charge in [-0.3, -0.25) is 9.69 Å². The molecular formula is C15H24N2O11. The Morgan fingerprint density at radius 3 is 1.79 bits per heavy atom. The number of amides is 3. The zero-order valence-corrected chi connectivity index (χ0v) is 14.9. The van der Waals surface area contributed by atoms with Crippen LogP contribution in [0.3, 0.4) is 0 Å². The highest BCUT2D eigenvalue weighted by Crippen LogP contribution is 2.28. The first-order valence-electron chi connectivity index (χ1n) is 8.46. The molecule has 2 heterocycles. The van der Waals surface area contributed by atoms with Gasteiger partial charge in [-0.05, 0) is 0 Å². The van der Waals surface area contributed by atoms with Gasteiger partial charge >= 0.3 is 6.03 Å². The molecule has 0 aromatic rings. The first-order chi connectivity index (χ1) is 13.2. The molecule has 2 rings (SSSR count). The number of urea groups is 1. The number of likely N-dealkylation sites (N-methyl/N-ethyl adjacent to an activating group) is 1. The van der Waals surface area contributed by atoms with E-state index in [-0.39, 0.29) is 6.29 Å². The number of aliphatic hydroxyl groups excluding tert-OH is 6. The second-order valence-electron chi connectivity index (χ2n) is 6.49. The predicted molar refractivity (Wildman–Crippen MR) is 86.2 cm³/mol. The van der Waals surface area contributed by atoms with Gasteiger partial charge < -0.3 is 44.9 Å². The number of carbonyl (C=O) groups is 3. The molecule has 2 aliphatic heterocycles. The molecule has 8 atom stereocenters. The molecule has 160 valence electrons. The Balaban J connectivity index is 2.27. The van der Waals surface area contributed by atoms with Gasteiger partial charge in [-0.15, -0.1) is 0 Å². The smallest absolute Gasteiger partial charge is 0.330 e. The maximum atomic E-state index is 12.9. The van der Waals surface area contributed by atoms with E-state index in [1.165, 1.54) is 0 Å². The van der Waals surface area contributed by atoms with Crippen molar-refractivity contribution in [3.05, 3.63) is 0 Å². The van der Waals surface area contributed by atoms with Crippen molar-refractivity contribution in [2.75, 3.05) is 20.3 Å². The molecular weight excluding hydrogens is 384 g/mol.